The molecule has 30 heavy (non-hydrogen) atoms. The summed E-state index contributed by atoms with van der Waals surface area (Å²) in [6, 6.07) is 5.01. The summed E-state index contributed by atoms with van der Waals surface area (Å²) in [6.07, 6.45) is -3.37. The predicted molar refractivity (Wildman–Crippen MR) is 109 cm³/mol. The lowest BCUT2D eigenvalue weighted by Gasteiger charge is -2.35. The molecule has 0 radical (unpaired) electrons. The highest BCUT2D eigenvalue weighted by Gasteiger charge is 2.31. The van der Waals surface area contributed by atoms with Crippen LogP contribution in [0.1, 0.15) is 39.2 Å². The fraction of sp³-hybridized carbons (Fsp3) is 0.600. The van der Waals surface area contributed by atoms with Gasteiger partial charge in [0.25, 0.3) is 0 Å². The van der Waals surface area contributed by atoms with Gasteiger partial charge >= 0.3 is 12.3 Å². The summed E-state index contributed by atoms with van der Waals surface area (Å²) in [4.78, 5) is 18.7. The number of nitrogens with zero attached hydrogens (tertiary/aromatic N) is 3. The molecular weight excluding hydrogens is 467 g/mol. The van der Waals surface area contributed by atoms with E-state index in [4.69, 9.17) is 9.47 Å². The number of carbonyl (C=O) groups excluding carboxylic acids is 1. The van der Waals surface area contributed by atoms with Crippen LogP contribution in [0, 0.1) is 0 Å². The molecule has 1 aromatic carbocycles. The van der Waals surface area contributed by atoms with E-state index in [0.29, 0.717) is 37.1 Å². The molecule has 1 aliphatic heterocycles. The number of aromatic nitrogens is 2. The van der Waals surface area contributed by atoms with Gasteiger partial charge in [-0.15, -0.1) is 0 Å². The minimum Gasteiger partial charge on any atom is -0.444 e. The van der Waals surface area contributed by atoms with Crippen molar-refractivity contribution in [2.45, 2.75) is 64.5 Å². The Hall–Kier alpha value is -1.81. The number of hydrogen-bond acceptors (Lipinski definition) is 4. The standard InChI is InChI=1S/C20H25BrF3N3O3/c1-19(2,3)30-18(28)26(14-6-8-29-9-7-14)11-13-4-5-16-15(10-13)25-17(21)27(16)12-20(22,23)24/h4-5,10,14H,6-9,11-12H2,1-3H3. The fourth-order valence-corrected chi connectivity index (χ4v) is 3.94. The summed E-state index contributed by atoms with van der Waals surface area (Å²) < 4.78 is 50.8. The van der Waals surface area contributed by atoms with Crippen molar-refractivity contribution in [1.82, 2.24) is 14.5 Å². The molecule has 6 nitrogen and oxygen atoms in total. The van der Waals surface area contributed by atoms with Gasteiger partial charge < -0.3 is 18.9 Å². The Balaban J connectivity index is 1.87. The lowest BCUT2D eigenvalue weighted by molar-refractivity contribution is -0.140. The zero-order chi connectivity index (χ0) is 22.1. The van der Waals surface area contributed by atoms with Crippen molar-refractivity contribution in [2.75, 3.05) is 13.2 Å². The molecule has 0 N–H and O–H groups in total. The van der Waals surface area contributed by atoms with Crippen molar-refractivity contribution in [1.29, 1.82) is 0 Å². The highest BCUT2D eigenvalue weighted by molar-refractivity contribution is 9.10. The third kappa shape index (κ3) is 5.87. The topological polar surface area (TPSA) is 56.6 Å². The van der Waals surface area contributed by atoms with Gasteiger partial charge in [-0.3, -0.25) is 0 Å². The van der Waals surface area contributed by atoms with Gasteiger partial charge in [0.05, 0.1) is 11.0 Å². The van der Waals surface area contributed by atoms with Crippen LogP contribution in [0.3, 0.4) is 0 Å². The number of halogens is 4. The number of alkyl halides is 3. The predicted octanol–water partition coefficient (Wildman–Crippen LogP) is 5.28. The minimum absolute atomic E-state index is 0.0289. The first-order valence-electron chi connectivity index (χ1n) is 9.72. The summed E-state index contributed by atoms with van der Waals surface area (Å²) in [5, 5.41) is 0. The van der Waals surface area contributed by atoms with Gasteiger partial charge in [-0.2, -0.15) is 13.2 Å². The van der Waals surface area contributed by atoms with Crippen LogP contribution < -0.4 is 0 Å². The Bertz CT molecular complexity index is 902. The molecule has 0 bridgehead atoms. The molecule has 0 unspecified atom stereocenters. The van der Waals surface area contributed by atoms with E-state index >= 15 is 0 Å². The van der Waals surface area contributed by atoms with E-state index < -0.39 is 24.4 Å². The molecule has 10 heteroatoms. The van der Waals surface area contributed by atoms with Crippen LogP contribution >= 0.6 is 15.9 Å². The van der Waals surface area contributed by atoms with Crippen molar-refractivity contribution in [3.8, 4) is 0 Å². The Morgan fingerprint density at radius 2 is 1.97 bits per heavy atom. The summed E-state index contributed by atoms with van der Waals surface area (Å²) >= 11 is 3.11. The largest absolute Gasteiger partial charge is 0.444 e. The highest BCUT2D eigenvalue weighted by atomic mass is 79.9. The fourth-order valence-electron chi connectivity index (χ4n) is 3.43. The van der Waals surface area contributed by atoms with Crippen molar-refractivity contribution in [2.24, 2.45) is 0 Å². The van der Waals surface area contributed by atoms with Gasteiger partial charge in [-0.05, 0) is 67.2 Å². The third-order valence-corrected chi connectivity index (χ3v) is 5.32. The third-order valence-electron chi connectivity index (χ3n) is 4.72. The molecule has 0 atom stereocenters. The average molecular weight is 492 g/mol. The normalized spacial score (nSPS) is 16.1. The smallest absolute Gasteiger partial charge is 0.410 e. The van der Waals surface area contributed by atoms with E-state index in [1.165, 1.54) is 0 Å². The average Bonchev–Trinajstić information content (AvgIpc) is 2.92. The monoisotopic (exact) mass is 491 g/mol. The minimum atomic E-state index is -4.36. The molecule has 1 amide bonds. The number of imidazole rings is 1. The zero-order valence-corrected chi connectivity index (χ0v) is 18.7. The molecule has 166 valence electrons. The second kappa shape index (κ2) is 8.74. The summed E-state index contributed by atoms with van der Waals surface area (Å²) in [5.41, 5.74) is 0.938. The van der Waals surface area contributed by atoms with E-state index in [0.717, 1.165) is 10.1 Å². The molecule has 1 saturated heterocycles. The number of ether oxygens (including phenoxy) is 2. The summed E-state index contributed by atoms with van der Waals surface area (Å²) in [5.74, 6) is 0. The van der Waals surface area contributed by atoms with Crippen LogP contribution in [-0.2, 0) is 22.6 Å². The van der Waals surface area contributed by atoms with E-state index in [2.05, 4.69) is 20.9 Å². The highest BCUT2D eigenvalue weighted by Crippen LogP contribution is 2.28. The Morgan fingerprint density at radius 1 is 1.30 bits per heavy atom. The SMILES string of the molecule is CC(C)(C)OC(=O)N(Cc1ccc2c(c1)nc(Br)n2CC(F)(F)F)C1CCOCC1. The maximum Gasteiger partial charge on any atom is 0.410 e. The molecule has 1 aliphatic rings. The molecule has 0 saturated carbocycles. The van der Waals surface area contributed by atoms with Gasteiger partial charge in [0, 0.05) is 25.8 Å². The number of rotatable bonds is 4. The molecule has 1 aromatic heterocycles. The van der Waals surface area contributed by atoms with Crippen LogP contribution in [0.15, 0.2) is 22.9 Å². The Morgan fingerprint density at radius 3 is 2.57 bits per heavy atom. The quantitative estimate of drug-likeness (QED) is 0.583. The first kappa shape index (κ1) is 22.9. The summed E-state index contributed by atoms with van der Waals surface area (Å²) in [6.45, 7) is 5.71. The maximum atomic E-state index is 12.9. The number of carbonyl (C=O) groups is 1. The Labute approximate surface area is 181 Å². The molecule has 3 rings (SSSR count). The van der Waals surface area contributed by atoms with E-state index in [9.17, 15) is 18.0 Å². The molecule has 2 heterocycles. The second-order valence-electron chi connectivity index (χ2n) is 8.36. The first-order valence-corrected chi connectivity index (χ1v) is 10.5. The van der Waals surface area contributed by atoms with Crippen molar-refractivity contribution < 1.29 is 27.4 Å². The molecule has 1 fully saturated rings. The first-order chi connectivity index (χ1) is 13.9. The van der Waals surface area contributed by atoms with Crippen LogP contribution in [-0.4, -0.2) is 51.6 Å². The molecule has 2 aromatic rings. The van der Waals surface area contributed by atoms with Gasteiger partial charge in [-0.25, -0.2) is 9.78 Å². The van der Waals surface area contributed by atoms with Crippen LogP contribution in [0.2, 0.25) is 0 Å². The van der Waals surface area contributed by atoms with Gasteiger partial charge in [0.1, 0.15) is 12.1 Å². The van der Waals surface area contributed by atoms with Gasteiger partial charge in [0.2, 0.25) is 0 Å². The van der Waals surface area contributed by atoms with Crippen molar-refractivity contribution >= 4 is 33.1 Å². The molecular formula is C20H25BrF3N3O3. The van der Waals surface area contributed by atoms with Gasteiger partial charge in [0.15, 0.2) is 4.73 Å². The number of hydrogen-bond donors (Lipinski definition) is 0. The Kier molecular flexibility index (Phi) is 6.66. The zero-order valence-electron chi connectivity index (χ0n) is 17.1. The maximum absolute atomic E-state index is 12.9. The molecule has 0 aliphatic carbocycles. The summed E-state index contributed by atoms with van der Waals surface area (Å²) in [7, 11) is 0. The van der Waals surface area contributed by atoms with E-state index in [-0.39, 0.29) is 17.3 Å². The van der Waals surface area contributed by atoms with Crippen molar-refractivity contribution in [3.63, 3.8) is 0 Å². The lowest BCUT2D eigenvalue weighted by atomic mass is 10.1. The van der Waals surface area contributed by atoms with Crippen LogP contribution in [0.5, 0.6) is 0 Å². The van der Waals surface area contributed by atoms with E-state index in [1.807, 2.05) is 20.8 Å². The lowest BCUT2D eigenvalue weighted by Crippen LogP contribution is -2.45. The van der Waals surface area contributed by atoms with Gasteiger partial charge in [-0.1, -0.05) is 6.07 Å². The second-order valence-corrected chi connectivity index (χ2v) is 9.07. The molecule has 0 spiro atoms. The van der Waals surface area contributed by atoms with Crippen LogP contribution in [0.4, 0.5) is 18.0 Å². The number of amides is 1. The van der Waals surface area contributed by atoms with Crippen molar-refractivity contribution in [3.05, 3.63) is 28.5 Å². The number of fused-ring (bicyclic) bond motifs is 1. The number of benzene rings is 1. The van der Waals surface area contributed by atoms with Crippen LogP contribution in [0.25, 0.3) is 11.0 Å². The van der Waals surface area contributed by atoms with E-state index in [1.54, 1.807) is 23.1 Å².